The highest BCUT2D eigenvalue weighted by Gasteiger charge is 2.02. The van der Waals surface area contributed by atoms with Gasteiger partial charge >= 0.3 is 0 Å². The molecule has 1 amide bonds. The van der Waals surface area contributed by atoms with Gasteiger partial charge in [0.2, 0.25) is 5.91 Å². The Morgan fingerprint density at radius 3 is 2.81 bits per heavy atom. The molecule has 116 valence electrons. The number of nitrogens with zero attached hydrogens (tertiary/aromatic N) is 1. The first kappa shape index (κ1) is 17.0. The summed E-state index contributed by atoms with van der Waals surface area (Å²) in [5, 5.41) is 5.86. The van der Waals surface area contributed by atoms with Crippen LogP contribution in [0.1, 0.15) is 45.1 Å². The van der Waals surface area contributed by atoms with Gasteiger partial charge in [-0.2, -0.15) is 0 Å². The molecular weight excluding hydrogens is 264 g/mol. The molecule has 4 N–H and O–H groups in total. The maximum atomic E-state index is 11.4. The van der Waals surface area contributed by atoms with Crippen molar-refractivity contribution in [1.29, 1.82) is 0 Å². The summed E-state index contributed by atoms with van der Waals surface area (Å²) in [6.07, 6.45) is 1.29. The van der Waals surface area contributed by atoms with Gasteiger partial charge in [0.15, 0.2) is 5.96 Å². The average molecular weight is 290 g/mol. The fourth-order valence-corrected chi connectivity index (χ4v) is 1.79. The van der Waals surface area contributed by atoms with Crippen molar-refractivity contribution in [3.05, 3.63) is 29.8 Å². The van der Waals surface area contributed by atoms with E-state index in [2.05, 4.69) is 41.6 Å². The second kappa shape index (κ2) is 9.00. The summed E-state index contributed by atoms with van der Waals surface area (Å²) >= 11 is 0. The molecular formula is C16H26N4O. The van der Waals surface area contributed by atoms with Crippen LogP contribution in [0.25, 0.3) is 0 Å². The SMILES string of the molecule is CCCNC(=O)CCN=C(N)Nc1cccc(C(C)C)c1. The molecule has 5 heteroatoms. The van der Waals surface area contributed by atoms with Crippen LogP contribution in [0.5, 0.6) is 0 Å². The number of nitrogens with two attached hydrogens (primary N) is 1. The van der Waals surface area contributed by atoms with E-state index in [4.69, 9.17) is 5.73 Å². The Balaban J connectivity index is 2.45. The molecule has 0 aromatic heterocycles. The van der Waals surface area contributed by atoms with E-state index < -0.39 is 0 Å². The summed E-state index contributed by atoms with van der Waals surface area (Å²) in [6.45, 7) is 7.40. The standard InChI is InChI=1S/C16H26N4O/c1-4-9-18-15(21)8-10-19-16(17)20-14-7-5-6-13(11-14)12(2)3/h5-7,11-12H,4,8-10H2,1-3H3,(H,18,21)(H3,17,19,20). The topological polar surface area (TPSA) is 79.5 Å². The van der Waals surface area contributed by atoms with Crippen molar-refractivity contribution in [2.24, 2.45) is 10.7 Å². The van der Waals surface area contributed by atoms with Crippen LogP contribution in [-0.4, -0.2) is 25.0 Å². The van der Waals surface area contributed by atoms with Gasteiger partial charge in [-0.1, -0.05) is 32.9 Å². The molecule has 0 aliphatic carbocycles. The molecule has 0 aliphatic rings. The lowest BCUT2D eigenvalue weighted by Crippen LogP contribution is -2.26. The lowest BCUT2D eigenvalue weighted by atomic mass is 10.0. The molecule has 1 aromatic carbocycles. The maximum absolute atomic E-state index is 11.4. The first-order valence-electron chi connectivity index (χ1n) is 7.46. The fourth-order valence-electron chi connectivity index (χ4n) is 1.79. The zero-order valence-corrected chi connectivity index (χ0v) is 13.1. The summed E-state index contributed by atoms with van der Waals surface area (Å²) in [5.41, 5.74) is 7.98. The molecule has 1 rings (SSSR count). The second-order valence-corrected chi connectivity index (χ2v) is 5.27. The number of guanidine groups is 1. The van der Waals surface area contributed by atoms with Crippen LogP contribution in [0.2, 0.25) is 0 Å². The lowest BCUT2D eigenvalue weighted by molar-refractivity contribution is -0.120. The summed E-state index contributed by atoms with van der Waals surface area (Å²) in [4.78, 5) is 15.6. The number of amides is 1. The summed E-state index contributed by atoms with van der Waals surface area (Å²) in [6, 6.07) is 8.08. The summed E-state index contributed by atoms with van der Waals surface area (Å²) in [5.74, 6) is 0.807. The van der Waals surface area contributed by atoms with Crippen molar-refractivity contribution in [3.8, 4) is 0 Å². The monoisotopic (exact) mass is 290 g/mol. The molecule has 1 aromatic rings. The Labute approximate surface area is 127 Å². The third-order valence-corrected chi connectivity index (χ3v) is 3.02. The van der Waals surface area contributed by atoms with Gasteiger partial charge in [-0.25, -0.2) is 0 Å². The molecule has 0 bridgehead atoms. The number of carbonyl (C=O) groups is 1. The van der Waals surface area contributed by atoms with Crippen molar-refractivity contribution in [1.82, 2.24) is 5.32 Å². The molecule has 0 heterocycles. The minimum absolute atomic E-state index is 0.00945. The Hall–Kier alpha value is -2.04. The second-order valence-electron chi connectivity index (χ2n) is 5.27. The summed E-state index contributed by atoms with van der Waals surface area (Å²) in [7, 11) is 0. The van der Waals surface area contributed by atoms with Gasteiger partial charge in [0.05, 0.1) is 6.54 Å². The normalized spacial score (nSPS) is 11.5. The molecule has 0 atom stereocenters. The molecule has 0 radical (unpaired) electrons. The number of benzene rings is 1. The van der Waals surface area contributed by atoms with Gasteiger partial charge in [0.1, 0.15) is 0 Å². The zero-order valence-electron chi connectivity index (χ0n) is 13.1. The van der Waals surface area contributed by atoms with Crippen molar-refractivity contribution >= 4 is 17.6 Å². The number of hydrogen-bond donors (Lipinski definition) is 3. The van der Waals surface area contributed by atoms with Gasteiger partial charge in [-0.15, -0.1) is 0 Å². The molecule has 0 unspecified atom stereocenters. The highest BCUT2D eigenvalue weighted by molar-refractivity contribution is 5.92. The zero-order chi connectivity index (χ0) is 15.7. The smallest absolute Gasteiger partial charge is 0.221 e. The predicted octanol–water partition coefficient (Wildman–Crippen LogP) is 2.45. The number of aliphatic imine (C=N–C) groups is 1. The van der Waals surface area contributed by atoms with Crippen molar-refractivity contribution in [2.75, 3.05) is 18.4 Å². The molecule has 0 aliphatic heterocycles. The Morgan fingerprint density at radius 1 is 1.38 bits per heavy atom. The Morgan fingerprint density at radius 2 is 2.14 bits per heavy atom. The lowest BCUT2D eigenvalue weighted by Gasteiger charge is -2.10. The van der Waals surface area contributed by atoms with E-state index in [9.17, 15) is 4.79 Å². The van der Waals surface area contributed by atoms with E-state index in [0.29, 0.717) is 31.4 Å². The summed E-state index contributed by atoms with van der Waals surface area (Å²) < 4.78 is 0. The van der Waals surface area contributed by atoms with Crippen LogP contribution in [-0.2, 0) is 4.79 Å². The van der Waals surface area contributed by atoms with E-state index in [1.54, 1.807) is 0 Å². The minimum Gasteiger partial charge on any atom is -0.370 e. The van der Waals surface area contributed by atoms with Gasteiger partial charge in [-0.3, -0.25) is 9.79 Å². The van der Waals surface area contributed by atoms with Crippen LogP contribution in [0.15, 0.2) is 29.3 Å². The first-order chi connectivity index (χ1) is 10.0. The van der Waals surface area contributed by atoms with Crippen LogP contribution in [0.3, 0.4) is 0 Å². The van der Waals surface area contributed by atoms with E-state index in [1.165, 1.54) is 5.56 Å². The highest BCUT2D eigenvalue weighted by atomic mass is 16.1. The Kier molecular flexibility index (Phi) is 7.29. The molecule has 0 fully saturated rings. The van der Waals surface area contributed by atoms with Crippen LogP contribution >= 0.6 is 0 Å². The number of hydrogen-bond acceptors (Lipinski definition) is 2. The molecule has 0 saturated heterocycles. The molecule has 21 heavy (non-hydrogen) atoms. The van der Waals surface area contributed by atoms with Crippen LogP contribution in [0, 0.1) is 0 Å². The number of nitrogens with one attached hydrogen (secondary N) is 2. The largest absolute Gasteiger partial charge is 0.370 e. The molecule has 5 nitrogen and oxygen atoms in total. The van der Waals surface area contributed by atoms with Gasteiger partial charge in [0.25, 0.3) is 0 Å². The highest BCUT2D eigenvalue weighted by Crippen LogP contribution is 2.18. The Bertz CT molecular complexity index is 483. The van der Waals surface area contributed by atoms with Gasteiger partial charge < -0.3 is 16.4 Å². The van der Waals surface area contributed by atoms with Crippen molar-refractivity contribution < 1.29 is 4.79 Å². The number of rotatable bonds is 7. The van der Waals surface area contributed by atoms with E-state index in [-0.39, 0.29) is 5.91 Å². The number of anilines is 1. The van der Waals surface area contributed by atoms with Gasteiger partial charge in [-0.05, 0) is 30.0 Å². The maximum Gasteiger partial charge on any atom is 0.221 e. The van der Waals surface area contributed by atoms with Gasteiger partial charge in [0, 0.05) is 18.7 Å². The first-order valence-corrected chi connectivity index (χ1v) is 7.46. The minimum atomic E-state index is 0.00945. The molecule has 0 saturated carbocycles. The van der Waals surface area contributed by atoms with Crippen molar-refractivity contribution in [2.45, 2.75) is 39.5 Å². The predicted molar refractivity (Wildman–Crippen MR) is 88.6 cm³/mol. The molecule has 0 spiro atoms. The van der Waals surface area contributed by atoms with Crippen molar-refractivity contribution in [3.63, 3.8) is 0 Å². The fraction of sp³-hybridized carbons (Fsp3) is 0.500. The van der Waals surface area contributed by atoms with Crippen LogP contribution < -0.4 is 16.4 Å². The third-order valence-electron chi connectivity index (χ3n) is 3.02. The quantitative estimate of drug-likeness (QED) is 0.533. The van der Waals surface area contributed by atoms with Crippen LogP contribution in [0.4, 0.5) is 5.69 Å². The van der Waals surface area contributed by atoms with E-state index in [1.807, 2.05) is 19.1 Å². The van der Waals surface area contributed by atoms with E-state index in [0.717, 1.165) is 12.1 Å². The third kappa shape index (κ3) is 6.79. The van der Waals surface area contributed by atoms with E-state index >= 15 is 0 Å². The number of carbonyl (C=O) groups excluding carboxylic acids is 1. The average Bonchev–Trinajstić information content (AvgIpc) is 2.45.